The summed E-state index contributed by atoms with van der Waals surface area (Å²) in [5.74, 6) is -0.523. The fourth-order valence-corrected chi connectivity index (χ4v) is 3.52. The average Bonchev–Trinajstić information content (AvgIpc) is 2.61. The van der Waals surface area contributed by atoms with Crippen molar-refractivity contribution in [2.75, 3.05) is 0 Å². The molecule has 0 aliphatic rings. The maximum absolute atomic E-state index is 13.3. The lowest BCUT2D eigenvalue weighted by molar-refractivity contribution is 0.319. The molecule has 0 aliphatic heterocycles. The molecule has 0 amide bonds. The molecule has 0 aliphatic carbocycles. The minimum atomic E-state index is -0.523. The highest BCUT2D eigenvalue weighted by Gasteiger charge is 2.17. The van der Waals surface area contributed by atoms with E-state index in [2.05, 4.69) is 5.16 Å². The summed E-state index contributed by atoms with van der Waals surface area (Å²) >= 11 is 18.5. The van der Waals surface area contributed by atoms with E-state index in [0.29, 0.717) is 22.4 Å². The maximum Gasteiger partial charge on any atom is 0.258 e. The molecule has 0 spiro atoms. The van der Waals surface area contributed by atoms with Crippen molar-refractivity contribution in [3.63, 3.8) is 0 Å². The molecule has 0 bridgehead atoms. The van der Waals surface area contributed by atoms with Crippen molar-refractivity contribution in [2.45, 2.75) is 6.92 Å². The van der Waals surface area contributed by atoms with Gasteiger partial charge in [0.05, 0.1) is 20.8 Å². The molecular formula is C19H12Cl3FN2O2. The van der Waals surface area contributed by atoms with Gasteiger partial charge in [-0.1, -0.05) is 46.0 Å². The van der Waals surface area contributed by atoms with Crippen molar-refractivity contribution < 1.29 is 9.60 Å². The Morgan fingerprint density at radius 1 is 1.07 bits per heavy atom. The van der Waals surface area contributed by atoms with Gasteiger partial charge in [0.2, 0.25) is 0 Å². The summed E-state index contributed by atoms with van der Waals surface area (Å²) in [5.41, 5.74) is 1.08. The molecule has 0 unspecified atom stereocenters. The number of hydrogen-bond acceptors (Lipinski definition) is 3. The van der Waals surface area contributed by atoms with E-state index in [0.717, 1.165) is 6.07 Å². The molecule has 0 saturated heterocycles. The molecule has 0 radical (unpaired) electrons. The van der Waals surface area contributed by atoms with Crippen LogP contribution in [0.5, 0.6) is 0 Å². The molecule has 8 heteroatoms. The number of aryl methyl sites for hydroxylation is 1. The molecule has 138 valence electrons. The predicted octanol–water partition coefficient (Wildman–Crippen LogP) is 5.47. The van der Waals surface area contributed by atoms with Crippen LogP contribution in [0.25, 0.3) is 5.69 Å². The fourth-order valence-electron chi connectivity index (χ4n) is 2.68. The number of rotatable bonds is 3. The van der Waals surface area contributed by atoms with Crippen molar-refractivity contribution in [1.82, 2.24) is 4.57 Å². The van der Waals surface area contributed by atoms with Gasteiger partial charge in [0, 0.05) is 22.9 Å². The number of para-hydroxylation sites is 1. The van der Waals surface area contributed by atoms with E-state index in [-0.39, 0.29) is 26.3 Å². The van der Waals surface area contributed by atoms with Crippen LogP contribution in [-0.2, 0) is 0 Å². The zero-order chi connectivity index (χ0) is 19.7. The van der Waals surface area contributed by atoms with Crippen LogP contribution < -0.4 is 5.56 Å². The summed E-state index contributed by atoms with van der Waals surface area (Å²) in [6.07, 6.45) is 1.44. The number of halogens is 4. The third kappa shape index (κ3) is 3.72. The second-order valence-electron chi connectivity index (χ2n) is 5.73. The topological polar surface area (TPSA) is 54.6 Å². The Bertz CT molecular complexity index is 1110. The molecule has 2 aromatic carbocycles. The van der Waals surface area contributed by atoms with E-state index < -0.39 is 5.82 Å². The molecule has 1 aromatic heterocycles. The number of aromatic nitrogens is 1. The van der Waals surface area contributed by atoms with E-state index >= 15 is 0 Å². The monoisotopic (exact) mass is 424 g/mol. The van der Waals surface area contributed by atoms with Crippen LogP contribution in [0, 0.1) is 12.7 Å². The Kier molecular flexibility index (Phi) is 5.56. The highest BCUT2D eigenvalue weighted by molar-refractivity contribution is 6.38. The Morgan fingerprint density at radius 3 is 2.33 bits per heavy atom. The van der Waals surface area contributed by atoms with Crippen LogP contribution in [0.4, 0.5) is 4.39 Å². The first kappa shape index (κ1) is 19.4. The van der Waals surface area contributed by atoms with E-state index in [1.165, 1.54) is 22.9 Å². The molecule has 3 aromatic rings. The third-order valence-corrected chi connectivity index (χ3v) is 4.86. The van der Waals surface area contributed by atoms with E-state index in [9.17, 15) is 14.4 Å². The highest BCUT2D eigenvalue weighted by Crippen LogP contribution is 2.28. The number of nitrogens with zero attached hydrogens (tertiary/aromatic N) is 2. The Labute approximate surface area is 169 Å². The van der Waals surface area contributed by atoms with Gasteiger partial charge < -0.3 is 5.21 Å². The smallest absolute Gasteiger partial charge is 0.258 e. The van der Waals surface area contributed by atoms with Gasteiger partial charge in [-0.25, -0.2) is 4.39 Å². The van der Waals surface area contributed by atoms with Crippen molar-refractivity contribution in [3.8, 4) is 5.69 Å². The largest absolute Gasteiger partial charge is 0.410 e. The first-order chi connectivity index (χ1) is 12.8. The van der Waals surface area contributed by atoms with Gasteiger partial charge in [-0.15, -0.1) is 0 Å². The SMILES string of the molecule is Cc1cc(/C(=N\O)c2ccc(F)cc2Cl)cn(-c2c(Cl)cccc2Cl)c1=O. The average molecular weight is 426 g/mol. The maximum atomic E-state index is 13.3. The van der Waals surface area contributed by atoms with Gasteiger partial charge in [-0.2, -0.15) is 0 Å². The van der Waals surface area contributed by atoms with Gasteiger partial charge in [0.1, 0.15) is 11.5 Å². The van der Waals surface area contributed by atoms with Crippen LogP contribution in [0.15, 0.2) is 58.6 Å². The van der Waals surface area contributed by atoms with E-state index in [1.807, 2.05) is 0 Å². The van der Waals surface area contributed by atoms with Gasteiger partial charge in [-0.05, 0) is 43.3 Å². The Hall–Kier alpha value is -2.34. The standard InChI is InChI=1S/C19H12Cl3FN2O2/c1-10-7-11(17(24-27)13-6-5-12(23)8-16(13)22)9-25(19(10)26)18-14(20)3-2-4-15(18)21/h2-9,27H,1H3/b24-17+. The summed E-state index contributed by atoms with van der Waals surface area (Å²) in [5, 5.41) is 13.5. The molecule has 27 heavy (non-hydrogen) atoms. The first-order valence-corrected chi connectivity index (χ1v) is 8.82. The highest BCUT2D eigenvalue weighted by atomic mass is 35.5. The van der Waals surface area contributed by atoms with Gasteiger partial charge >= 0.3 is 0 Å². The van der Waals surface area contributed by atoms with Crippen LogP contribution in [-0.4, -0.2) is 15.5 Å². The minimum Gasteiger partial charge on any atom is -0.410 e. The first-order valence-electron chi connectivity index (χ1n) is 7.69. The van der Waals surface area contributed by atoms with Crippen molar-refractivity contribution in [3.05, 3.63) is 96.6 Å². The molecule has 1 heterocycles. The summed E-state index contributed by atoms with van der Waals surface area (Å²) in [7, 11) is 0. The van der Waals surface area contributed by atoms with Gasteiger partial charge in [-0.3, -0.25) is 9.36 Å². The molecule has 3 rings (SSSR count). The minimum absolute atomic E-state index is 0.0639. The number of pyridine rings is 1. The normalized spacial score (nSPS) is 11.7. The lowest BCUT2D eigenvalue weighted by Gasteiger charge is -2.14. The van der Waals surface area contributed by atoms with Gasteiger partial charge in [0.25, 0.3) is 5.56 Å². The second kappa shape index (κ2) is 7.72. The van der Waals surface area contributed by atoms with Crippen molar-refractivity contribution >= 4 is 40.5 Å². The molecular weight excluding hydrogens is 414 g/mol. The number of hydrogen-bond donors (Lipinski definition) is 1. The summed E-state index contributed by atoms with van der Waals surface area (Å²) in [6, 6.07) is 10.1. The third-order valence-electron chi connectivity index (χ3n) is 3.93. The van der Waals surface area contributed by atoms with E-state index in [1.54, 1.807) is 31.2 Å². The summed E-state index contributed by atoms with van der Waals surface area (Å²) in [4.78, 5) is 12.7. The molecule has 4 nitrogen and oxygen atoms in total. The van der Waals surface area contributed by atoms with Crippen LogP contribution in [0.1, 0.15) is 16.7 Å². The molecule has 0 saturated carbocycles. The van der Waals surface area contributed by atoms with Crippen molar-refractivity contribution in [2.24, 2.45) is 5.16 Å². The van der Waals surface area contributed by atoms with E-state index in [4.69, 9.17) is 34.8 Å². The zero-order valence-electron chi connectivity index (χ0n) is 13.9. The predicted molar refractivity (Wildman–Crippen MR) is 106 cm³/mol. The van der Waals surface area contributed by atoms with Crippen molar-refractivity contribution in [1.29, 1.82) is 0 Å². The van der Waals surface area contributed by atoms with Crippen LogP contribution in [0.3, 0.4) is 0 Å². The Balaban J connectivity index is 2.26. The lowest BCUT2D eigenvalue weighted by Crippen LogP contribution is -2.23. The molecule has 0 atom stereocenters. The zero-order valence-corrected chi connectivity index (χ0v) is 16.1. The number of benzene rings is 2. The summed E-state index contributed by atoms with van der Waals surface area (Å²) in [6.45, 7) is 1.61. The van der Waals surface area contributed by atoms with Crippen LogP contribution in [0.2, 0.25) is 15.1 Å². The van der Waals surface area contributed by atoms with Crippen LogP contribution >= 0.6 is 34.8 Å². The Morgan fingerprint density at radius 2 is 1.74 bits per heavy atom. The fraction of sp³-hybridized carbons (Fsp3) is 0.0526. The second-order valence-corrected chi connectivity index (χ2v) is 6.95. The summed E-state index contributed by atoms with van der Waals surface area (Å²) < 4.78 is 14.6. The molecule has 0 fully saturated rings. The quantitative estimate of drug-likeness (QED) is 0.343. The molecule has 1 N–H and O–H groups in total. The lowest BCUT2D eigenvalue weighted by atomic mass is 10.0. The van der Waals surface area contributed by atoms with Gasteiger partial charge in [0.15, 0.2) is 0 Å². The number of oxime groups is 1.